The molecule has 1 atom stereocenters. The van der Waals surface area contributed by atoms with E-state index in [1.807, 2.05) is 25.1 Å². The van der Waals surface area contributed by atoms with E-state index < -0.39 is 0 Å². The molecule has 0 bridgehead atoms. The van der Waals surface area contributed by atoms with Crippen molar-refractivity contribution in [1.82, 2.24) is 0 Å². The number of hydrogen-bond donors (Lipinski definition) is 1. The zero-order valence-corrected chi connectivity index (χ0v) is 10.0. The highest BCUT2D eigenvalue weighted by Crippen LogP contribution is 2.28. The Labute approximate surface area is 96.3 Å². The standard InChI is InChI=1S/C12H19NO3/c1-9(14-2)8-16-11-5-4-10(7-13)6-12(11)15-3/h4-6,9H,7-8,13H2,1-3H3. The van der Waals surface area contributed by atoms with E-state index in [0.717, 1.165) is 5.56 Å². The third-order valence-electron chi connectivity index (χ3n) is 2.34. The first-order chi connectivity index (χ1) is 7.71. The number of ether oxygens (including phenoxy) is 3. The highest BCUT2D eigenvalue weighted by atomic mass is 16.5. The first-order valence-corrected chi connectivity index (χ1v) is 5.23. The van der Waals surface area contributed by atoms with Crippen LogP contribution < -0.4 is 15.2 Å². The second kappa shape index (κ2) is 6.35. The van der Waals surface area contributed by atoms with E-state index in [9.17, 15) is 0 Å². The summed E-state index contributed by atoms with van der Waals surface area (Å²) in [5.41, 5.74) is 6.57. The lowest BCUT2D eigenvalue weighted by Gasteiger charge is -2.14. The molecular formula is C12H19NO3. The van der Waals surface area contributed by atoms with Crippen LogP contribution >= 0.6 is 0 Å². The van der Waals surface area contributed by atoms with Gasteiger partial charge in [-0.3, -0.25) is 0 Å². The van der Waals surface area contributed by atoms with Crippen molar-refractivity contribution in [2.45, 2.75) is 19.6 Å². The molecule has 90 valence electrons. The van der Waals surface area contributed by atoms with Gasteiger partial charge in [0, 0.05) is 13.7 Å². The van der Waals surface area contributed by atoms with E-state index >= 15 is 0 Å². The van der Waals surface area contributed by atoms with E-state index in [0.29, 0.717) is 24.7 Å². The highest BCUT2D eigenvalue weighted by Gasteiger charge is 2.07. The molecule has 0 heterocycles. The van der Waals surface area contributed by atoms with E-state index in [1.165, 1.54) is 0 Å². The molecule has 0 aromatic heterocycles. The van der Waals surface area contributed by atoms with Crippen molar-refractivity contribution < 1.29 is 14.2 Å². The maximum atomic E-state index is 5.59. The molecule has 1 unspecified atom stereocenters. The maximum absolute atomic E-state index is 5.59. The summed E-state index contributed by atoms with van der Waals surface area (Å²) in [5, 5.41) is 0. The minimum Gasteiger partial charge on any atom is -0.493 e. The summed E-state index contributed by atoms with van der Waals surface area (Å²) in [4.78, 5) is 0. The fourth-order valence-corrected chi connectivity index (χ4v) is 1.23. The monoisotopic (exact) mass is 225 g/mol. The topological polar surface area (TPSA) is 53.7 Å². The van der Waals surface area contributed by atoms with Crippen LogP contribution in [0.2, 0.25) is 0 Å². The normalized spacial score (nSPS) is 12.2. The van der Waals surface area contributed by atoms with Gasteiger partial charge in [0.05, 0.1) is 13.2 Å². The first kappa shape index (κ1) is 12.8. The van der Waals surface area contributed by atoms with Gasteiger partial charge in [-0.1, -0.05) is 6.07 Å². The maximum Gasteiger partial charge on any atom is 0.161 e. The molecule has 4 nitrogen and oxygen atoms in total. The van der Waals surface area contributed by atoms with Crippen LogP contribution in [0.4, 0.5) is 0 Å². The van der Waals surface area contributed by atoms with E-state index in [-0.39, 0.29) is 6.10 Å². The summed E-state index contributed by atoms with van der Waals surface area (Å²) < 4.78 is 15.9. The van der Waals surface area contributed by atoms with Crippen molar-refractivity contribution in [3.05, 3.63) is 23.8 Å². The van der Waals surface area contributed by atoms with Crippen LogP contribution in [0, 0.1) is 0 Å². The van der Waals surface area contributed by atoms with Crippen LogP contribution in [0.5, 0.6) is 11.5 Å². The van der Waals surface area contributed by atoms with Crippen LogP contribution in [0.25, 0.3) is 0 Å². The fraction of sp³-hybridized carbons (Fsp3) is 0.500. The zero-order chi connectivity index (χ0) is 12.0. The van der Waals surface area contributed by atoms with Crippen molar-refractivity contribution >= 4 is 0 Å². The predicted octanol–water partition coefficient (Wildman–Crippen LogP) is 1.57. The lowest BCUT2D eigenvalue weighted by Crippen LogP contribution is -2.16. The van der Waals surface area contributed by atoms with Crippen LogP contribution in [-0.2, 0) is 11.3 Å². The smallest absolute Gasteiger partial charge is 0.161 e. The quantitative estimate of drug-likeness (QED) is 0.798. The molecule has 0 aliphatic heterocycles. The second-order valence-electron chi connectivity index (χ2n) is 3.55. The van der Waals surface area contributed by atoms with Crippen molar-refractivity contribution in [3.8, 4) is 11.5 Å². The molecule has 4 heteroatoms. The molecule has 0 saturated carbocycles. The van der Waals surface area contributed by atoms with Crippen molar-refractivity contribution in [2.24, 2.45) is 5.73 Å². The van der Waals surface area contributed by atoms with Crippen LogP contribution in [-0.4, -0.2) is 26.9 Å². The van der Waals surface area contributed by atoms with Gasteiger partial charge < -0.3 is 19.9 Å². The largest absolute Gasteiger partial charge is 0.493 e. The Morgan fingerprint density at radius 3 is 2.56 bits per heavy atom. The van der Waals surface area contributed by atoms with Crippen LogP contribution in [0.15, 0.2) is 18.2 Å². The molecule has 1 aromatic rings. The Balaban J connectivity index is 2.71. The van der Waals surface area contributed by atoms with Gasteiger partial charge in [0.2, 0.25) is 0 Å². The summed E-state index contributed by atoms with van der Waals surface area (Å²) in [6.45, 7) is 2.93. The summed E-state index contributed by atoms with van der Waals surface area (Å²) >= 11 is 0. The minimum absolute atomic E-state index is 0.0545. The zero-order valence-electron chi connectivity index (χ0n) is 10.0. The SMILES string of the molecule is COc1cc(CN)ccc1OCC(C)OC. The predicted molar refractivity (Wildman–Crippen MR) is 62.9 cm³/mol. The number of benzene rings is 1. The molecule has 0 amide bonds. The van der Waals surface area contributed by atoms with Crippen molar-refractivity contribution in [1.29, 1.82) is 0 Å². The fourth-order valence-electron chi connectivity index (χ4n) is 1.23. The molecular weight excluding hydrogens is 206 g/mol. The molecule has 2 N–H and O–H groups in total. The third-order valence-corrected chi connectivity index (χ3v) is 2.34. The van der Waals surface area contributed by atoms with Crippen molar-refractivity contribution in [2.75, 3.05) is 20.8 Å². The van der Waals surface area contributed by atoms with Gasteiger partial charge in [0.1, 0.15) is 6.61 Å². The average Bonchev–Trinajstić information content (AvgIpc) is 2.35. The van der Waals surface area contributed by atoms with Gasteiger partial charge in [0.15, 0.2) is 11.5 Å². The summed E-state index contributed by atoms with van der Waals surface area (Å²) in [5.74, 6) is 1.41. The molecule has 0 fully saturated rings. The molecule has 0 radical (unpaired) electrons. The number of hydrogen-bond acceptors (Lipinski definition) is 4. The average molecular weight is 225 g/mol. The van der Waals surface area contributed by atoms with Crippen LogP contribution in [0.1, 0.15) is 12.5 Å². The number of nitrogens with two attached hydrogens (primary N) is 1. The van der Waals surface area contributed by atoms with Crippen LogP contribution in [0.3, 0.4) is 0 Å². The molecule has 1 rings (SSSR count). The number of methoxy groups -OCH3 is 2. The van der Waals surface area contributed by atoms with E-state index in [1.54, 1.807) is 14.2 Å². The summed E-state index contributed by atoms with van der Waals surface area (Å²) in [7, 11) is 3.27. The van der Waals surface area contributed by atoms with E-state index in [4.69, 9.17) is 19.9 Å². The van der Waals surface area contributed by atoms with Crippen molar-refractivity contribution in [3.63, 3.8) is 0 Å². The molecule has 0 aliphatic rings. The molecule has 1 aromatic carbocycles. The van der Waals surface area contributed by atoms with E-state index in [2.05, 4.69) is 0 Å². The molecule has 0 saturated heterocycles. The lowest BCUT2D eigenvalue weighted by atomic mass is 10.2. The lowest BCUT2D eigenvalue weighted by molar-refractivity contribution is 0.0706. The first-order valence-electron chi connectivity index (χ1n) is 5.23. The van der Waals surface area contributed by atoms with Gasteiger partial charge in [-0.05, 0) is 24.6 Å². The number of rotatable bonds is 6. The molecule has 0 spiro atoms. The Morgan fingerprint density at radius 1 is 1.25 bits per heavy atom. The van der Waals surface area contributed by atoms with Gasteiger partial charge in [-0.2, -0.15) is 0 Å². The molecule has 16 heavy (non-hydrogen) atoms. The van der Waals surface area contributed by atoms with Gasteiger partial charge >= 0.3 is 0 Å². The van der Waals surface area contributed by atoms with Gasteiger partial charge in [-0.15, -0.1) is 0 Å². The third kappa shape index (κ3) is 3.40. The van der Waals surface area contributed by atoms with Gasteiger partial charge in [-0.25, -0.2) is 0 Å². The second-order valence-corrected chi connectivity index (χ2v) is 3.55. The Bertz CT molecular complexity index is 328. The summed E-state index contributed by atoms with van der Waals surface area (Å²) in [6.07, 6.45) is 0.0545. The van der Waals surface area contributed by atoms with Gasteiger partial charge in [0.25, 0.3) is 0 Å². The minimum atomic E-state index is 0.0545. The Hall–Kier alpha value is -1.26. The summed E-state index contributed by atoms with van der Waals surface area (Å²) in [6, 6.07) is 5.67. The molecule has 0 aliphatic carbocycles. The highest BCUT2D eigenvalue weighted by molar-refractivity contribution is 5.42. The Morgan fingerprint density at radius 2 is 2.00 bits per heavy atom. The Kier molecular flexibility index (Phi) is 5.08.